The van der Waals surface area contributed by atoms with Gasteiger partial charge in [0.25, 0.3) is 0 Å². The Labute approximate surface area is 102 Å². The van der Waals surface area contributed by atoms with Gasteiger partial charge in [0.2, 0.25) is 0 Å². The standard InChI is InChI=1S/C12H22N2OS/c1-5-12(4,10(3)15)8-13-6-11-14-9(2)7-16-11/h7,10,13,15H,5-6,8H2,1-4H3. The van der Waals surface area contributed by atoms with E-state index in [1.165, 1.54) is 0 Å². The van der Waals surface area contributed by atoms with Gasteiger partial charge in [0, 0.05) is 29.6 Å². The Morgan fingerprint density at radius 1 is 1.62 bits per heavy atom. The van der Waals surface area contributed by atoms with E-state index in [0.29, 0.717) is 0 Å². The molecule has 0 aromatic carbocycles. The third-order valence-electron chi connectivity index (χ3n) is 3.29. The normalized spacial score (nSPS) is 17.1. The predicted molar refractivity (Wildman–Crippen MR) is 68.6 cm³/mol. The Balaban J connectivity index is 2.39. The van der Waals surface area contributed by atoms with Crippen molar-refractivity contribution in [1.82, 2.24) is 10.3 Å². The molecule has 0 spiro atoms. The summed E-state index contributed by atoms with van der Waals surface area (Å²) < 4.78 is 0. The van der Waals surface area contributed by atoms with Crippen LogP contribution in [0.3, 0.4) is 0 Å². The van der Waals surface area contributed by atoms with E-state index in [2.05, 4.69) is 29.5 Å². The summed E-state index contributed by atoms with van der Waals surface area (Å²) in [7, 11) is 0. The Kier molecular flexibility index (Phi) is 4.89. The van der Waals surface area contributed by atoms with Gasteiger partial charge in [0.1, 0.15) is 5.01 Å². The highest BCUT2D eigenvalue weighted by Crippen LogP contribution is 2.24. The Morgan fingerprint density at radius 3 is 2.75 bits per heavy atom. The Hall–Kier alpha value is -0.450. The quantitative estimate of drug-likeness (QED) is 0.805. The molecule has 2 atom stereocenters. The van der Waals surface area contributed by atoms with Crippen molar-refractivity contribution in [3.63, 3.8) is 0 Å². The van der Waals surface area contributed by atoms with E-state index in [9.17, 15) is 5.11 Å². The summed E-state index contributed by atoms with van der Waals surface area (Å²) in [5, 5.41) is 16.3. The van der Waals surface area contributed by atoms with Crippen molar-refractivity contribution in [1.29, 1.82) is 0 Å². The fourth-order valence-electron chi connectivity index (χ4n) is 1.51. The maximum absolute atomic E-state index is 9.72. The average Bonchev–Trinajstić information content (AvgIpc) is 2.63. The van der Waals surface area contributed by atoms with Gasteiger partial charge in [0.15, 0.2) is 0 Å². The molecule has 0 bridgehead atoms. The molecule has 0 aliphatic heterocycles. The first-order valence-electron chi connectivity index (χ1n) is 5.77. The zero-order valence-electron chi connectivity index (χ0n) is 10.6. The topological polar surface area (TPSA) is 45.2 Å². The molecule has 16 heavy (non-hydrogen) atoms. The number of aromatic nitrogens is 1. The smallest absolute Gasteiger partial charge is 0.107 e. The van der Waals surface area contributed by atoms with Crippen molar-refractivity contribution < 1.29 is 5.11 Å². The van der Waals surface area contributed by atoms with Crippen molar-refractivity contribution in [2.24, 2.45) is 5.41 Å². The van der Waals surface area contributed by atoms with Crippen LogP contribution in [-0.2, 0) is 6.54 Å². The molecule has 3 nitrogen and oxygen atoms in total. The van der Waals surface area contributed by atoms with Gasteiger partial charge < -0.3 is 10.4 Å². The van der Waals surface area contributed by atoms with Crippen LogP contribution in [-0.4, -0.2) is 22.7 Å². The fourth-order valence-corrected chi connectivity index (χ4v) is 2.25. The van der Waals surface area contributed by atoms with Gasteiger partial charge >= 0.3 is 0 Å². The van der Waals surface area contributed by atoms with Gasteiger partial charge in [-0.05, 0) is 20.3 Å². The van der Waals surface area contributed by atoms with E-state index in [-0.39, 0.29) is 11.5 Å². The highest BCUT2D eigenvalue weighted by Gasteiger charge is 2.27. The van der Waals surface area contributed by atoms with Crippen molar-refractivity contribution in [2.75, 3.05) is 6.54 Å². The van der Waals surface area contributed by atoms with E-state index in [1.54, 1.807) is 11.3 Å². The van der Waals surface area contributed by atoms with Crippen LogP contribution in [0.15, 0.2) is 5.38 Å². The van der Waals surface area contributed by atoms with Crippen molar-refractivity contribution in [3.05, 3.63) is 16.1 Å². The number of hydrogen-bond donors (Lipinski definition) is 2. The van der Waals surface area contributed by atoms with E-state index in [1.807, 2.05) is 13.8 Å². The highest BCUT2D eigenvalue weighted by atomic mass is 32.1. The van der Waals surface area contributed by atoms with Crippen LogP contribution >= 0.6 is 11.3 Å². The molecule has 1 aromatic heterocycles. The number of thiazole rings is 1. The van der Waals surface area contributed by atoms with Crippen LogP contribution in [0.2, 0.25) is 0 Å². The maximum Gasteiger partial charge on any atom is 0.107 e. The molecule has 1 aromatic rings. The SMILES string of the molecule is CCC(C)(CNCc1nc(C)cs1)C(C)O. The minimum absolute atomic E-state index is 0.0493. The molecule has 0 aliphatic rings. The second-order valence-electron chi connectivity index (χ2n) is 4.67. The van der Waals surface area contributed by atoms with Crippen LogP contribution in [0.4, 0.5) is 0 Å². The number of aliphatic hydroxyl groups excluding tert-OH is 1. The van der Waals surface area contributed by atoms with Gasteiger partial charge in [0.05, 0.1) is 6.10 Å². The molecule has 0 radical (unpaired) electrons. The molecule has 2 N–H and O–H groups in total. The maximum atomic E-state index is 9.72. The monoisotopic (exact) mass is 242 g/mol. The molecule has 0 fully saturated rings. The zero-order valence-corrected chi connectivity index (χ0v) is 11.4. The first kappa shape index (κ1) is 13.6. The van der Waals surface area contributed by atoms with Gasteiger partial charge in [-0.3, -0.25) is 0 Å². The van der Waals surface area contributed by atoms with E-state index in [0.717, 1.165) is 30.2 Å². The number of nitrogens with zero attached hydrogens (tertiary/aromatic N) is 1. The van der Waals surface area contributed by atoms with Gasteiger partial charge in [-0.2, -0.15) is 0 Å². The number of hydrogen-bond acceptors (Lipinski definition) is 4. The second kappa shape index (κ2) is 5.75. The van der Waals surface area contributed by atoms with Crippen molar-refractivity contribution in [3.8, 4) is 0 Å². The molecule has 0 saturated heterocycles. The molecule has 0 aliphatic carbocycles. The lowest BCUT2D eigenvalue weighted by Crippen LogP contribution is -2.39. The van der Waals surface area contributed by atoms with Crippen LogP contribution in [0, 0.1) is 12.3 Å². The van der Waals surface area contributed by atoms with Crippen LogP contribution < -0.4 is 5.32 Å². The number of nitrogens with one attached hydrogen (secondary N) is 1. The highest BCUT2D eigenvalue weighted by molar-refractivity contribution is 7.09. The van der Waals surface area contributed by atoms with Crippen molar-refractivity contribution >= 4 is 11.3 Å². The molecular formula is C12H22N2OS. The van der Waals surface area contributed by atoms with Crippen LogP contribution in [0.1, 0.15) is 37.9 Å². The molecule has 1 rings (SSSR count). The second-order valence-corrected chi connectivity index (χ2v) is 5.61. The van der Waals surface area contributed by atoms with E-state index in [4.69, 9.17) is 0 Å². The van der Waals surface area contributed by atoms with E-state index < -0.39 is 0 Å². The first-order valence-corrected chi connectivity index (χ1v) is 6.65. The molecule has 1 heterocycles. The number of aryl methyl sites for hydroxylation is 1. The molecule has 0 saturated carbocycles. The van der Waals surface area contributed by atoms with Gasteiger partial charge in [-0.1, -0.05) is 13.8 Å². The summed E-state index contributed by atoms with van der Waals surface area (Å²) >= 11 is 1.68. The zero-order chi connectivity index (χ0) is 12.2. The summed E-state index contributed by atoms with van der Waals surface area (Å²) in [4.78, 5) is 4.39. The first-order chi connectivity index (χ1) is 7.48. The summed E-state index contributed by atoms with van der Waals surface area (Å²) in [6.07, 6.45) is 0.678. The number of aliphatic hydroxyl groups is 1. The lowest BCUT2D eigenvalue weighted by atomic mass is 9.82. The summed E-state index contributed by atoms with van der Waals surface area (Å²) in [5.41, 5.74) is 1.03. The lowest BCUT2D eigenvalue weighted by molar-refractivity contribution is 0.0489. The molecule has 0 amide bonds. The van der Waals surface area contributed by atoms with Crippen LogP contribution in [0.5, 0.6) is 0 Å². The molecular weight excluding hydrogens is 220 g/mol. The summed E-state index contributed by atoms with van der Waals surface area (Å²) in [6, 6.07) is 0. The predicted octanol–water partition coefficient (Wildman–Crippen LogP) is 2.34. The summed E-state index contributed by atoms with van der Waals surface area (Å²) in [6.45, 7) is 9.70. The third kappa shape index (κ3) is 3.54. The minimum Gasteiger partial charge on any atom is -0.393 e. The Morgan fingerprint density at radius 2 is 2.31 bits per heavy atom. The molecule has 2 unspecified atom stereocenters. The fraction of sp³-hybridized carbons (Fsp3) is 0.750. The van der Waals surface area contributed by atoms with Gasteiger partial charge in [-0.25, -0.2) is 4.98 Å². The lowest BCUT2D eigenvalue weighted by Gasteiger charge is -2.31. The van der Waals surface area contributed by atoms with Crippen LogP contribution in [0.25, 0.3) is 0 Å². The summed E-state index contributed by atoms with van der Waals surface area (Å²) in [5.74, 6) is 0. The minimum atomic E-state index is -0.289. The van der Waals surface area contributed by atoms with Crippen molar-refractivity contribution in [2.45, 2.75) is 46.8 Å². The third-order valence-corrected chi connectivity index (χ3v) is 4.25. The molecule has 4 heteroatoms. The number of rotatable bonds is 6. The van der Waals surface area contributed by atoms with Gasteiger partial charge in [-0.15, -0.1) is 11.3 Å². The largest absolute Gasteiger partial charge is 0.393 e. The molecule has 92 valence electrons. The Bertz CT molecular complexity index is 325. The average molecular weight is 242 g/mol. The van der Waals surface area contributed by atoms with E-state index >= 15 is 0 Å².